The molecule has 0 bridgehead atoms. The molecule has 1 N–H and O–H groups in total. The standard InChI is InChI=1S/C25H29ClN2O5/c1-17-6-11-21(18(2)15-17)33-24(32)28-14-12-25(28,3)23(31)27(13-4-5-22(29)30)16-19-7-9-20(26)10-8-19/h6-11,15H,4-5,12-14,16H2,1-3H3,(H,29,30). The third-order valence-corrected chi connectivity index (χ3v) is 6.27. The van der Waals surface area contributed by atoms with Crippen molar-refractivity contribution in [3.63, 3.8) is 0 Å². The molecule has 1 aliphatic heterocycles. The fraction of sp³-hybridized carbons (Fsp3) is 0.400. The van der Waals surface area contributed by atoms with Crippen LogP contribution in [0.5, 0.6) is 5.75 Å². The van der Waals surface area contributed by atoms with Gasteiger partial charge in [-0.2, -0.15) is 0 Å². The first-order valence-electron chi connectivity index (χ1n) is 10.9. The van der Waals surface area contributed by atoms with Crippen LogP contribution in [0, 0.1) is 13.8 Å². The zero-order chi connectivity index (χ0) is 24.2. The molecule has 3 rings (SSSR count). The Morgan fingerprint density at radius 3 is 2.42 bits per heavy atom. The highest BCUT2D eigenvalue weighted by Gasteiger charge is 2.52. The van der Waals surface area contributed by atoms with Gasteiger partial charge < -0.3 is 14.7 Å². The minimum absolute atomic E-state index is 0.0421. The summed E-state index contributed by atoms with van der Waals surface area (Å²) in [5.41, 5.74) is 1.73. The molecule has 1 heterocycles. The molecule has 0 aromatic heterocycles. The summed E-state index contributed by atoms with van der Waals surface area (Å²) in [5.74, 6) is -0.680. The molecule has 7 nitrogen and oxygen atoms in total. The van der Waals surface area contributed by atoms with E-state index in [9.17, 15) is 14.4 Å². The molecule has 176 valence electrons. The number of rotatable bonds is 8. The molecule has 33 heavy (non-hydrogen) atoms. The van der Waals surface area contributed by atoms with Gasteiger partial charge in [-0.25, -0.2) is 4.79 Å². The maximum Gasteiger partial charge on any atom is 0.416 e. The Bertz CT molecular complexity index is 1040. The number of carboxylic acids is 1. The molecule has 0 aliphatic carbocycles. The van der Waals surface area contributed by atoms with Gasteiger partial charge in [0.25, 0.3) is 0 Å². The van der Waals surface area contributed by atoms with Gasteiger partial charge in [-0.1, -0.05) is 41.4 Å². The Morgan fingerprint density at radius 1 is 1.15 bits per heavy atom. The van der Waals surface area contributed by atoms with E-state index in [4.69, 9.17) is 21.4 Å². The van der Waals surface area contributed by atoms with Gasteiger partial charge in [-0.15, -0.1) is 0 Å². The van der Waals surface area contributed by atoms with Crippen molar-refractivity contribution in [3.8, 4) is 5.75 Å². The van der Waals surface area contributed by atoms with Crippen molar-refractivity contribution in [1.82, 2.24) is 9.80 Å². The van der Waals surface area contributed by atoms with Crippen LogP contribution < -0.4 is 4.74 Å². The first-order chi connectivity index (χ1) is 15.6. The van der Waals surface area contributed by atoms with Crippen molar-refractivity contribution in [1.29, 1.82) is 0 Å². The first kappa shape index (κ1) is 24.6. The molecule has 1 saturated heterocycles. The Hall–Kier alpha value is -3.06. The summed E-state index contributed by atoms with van der Waals surface area (Å²) in [6, 6.07) is 12.7. The van der Waals surface area contributed by atoms with Gasteiger partial charge in [0.15, 0.2) is 0 Å². The van der Waals surface area contributed by atoms with Gasteiger partial charge in [0.2, 0.25) is 5.91 Å². The fourth-order valence-corrected chi connectivity index (χ4v) is 4.09. The molecule has 1 atom stereocenters. The van der Waals surface area contributed by atoms with Crippen LogP contribution in [-0.2, 0) is 16.1 Å². The van der Waals surface area contributed by atoms with Crippen LogP contribution in [0.4, 0.5) is 4.79 Å². The molecule has 0 spiro atoms. The van der Waals surface area contributed by atoms with Gasteiger partial charge in [0, 0.05) is 31.1 Å². The second-order valence-corrected chi connectivity index (χ2v) is 9.10. The number of carbonyl (C=O) groups is 3. The molecule has 1 unspecified atom stereocenters. The fourth-order valence-electron chi connectivity index (χ4n) is 3.96. The van der Waals surface area contributed by atoms with E-state index >= 15 is 0 Å². The van der Waals surface area contributed by atoms with Crippen molar-refractivity contribution in [2.45, 2.75) is 52.1 Å². The van der Waals surface area contributed by atoms with Crippen LogP contribution in [0.15, 0.2) is 42.5 Å². The zero-order valence-electron chi connectivity index (χ0n) is 19.1. The smallest absolute Gasteiger partial charge is 0.416 e. The highest BCUT2D eigenvalue weighted by molar-refractivity contribution is 6.30. The van der Waals surface area contributed by atoms with Crippen LogP contribution in [0.3, 0.4) is 0 Å². The summed E-state index contributed by atoms with van der Waals surface area (Å²) < 4.78 is 5.60. The van der Waals surface area contributed by atoms with Gasteiger partial charge in [0.1, 0.15) is 11.3 Å². The summed E-state index contributed by atoms with van der Waals surface area (Å²) in [6.07, 6.45) is 0.210. The maximum atomic E-state index is 13.6. The van der Waals surface area contributed by atoms with E-state index in [2.05, 4.69) is 0 Å². The zero-order valence-corrected chi connectivity index (χ0v) is 19.9. The van der Waals surface area contributed by atoms with Gasteiger partial charge in [0.05, 0.1) is 0 Å². The number of amides is 2. The first-order valence-corrected chi connectivity index (χ1v) is 11.3. The van der Waals surface area contributed by atoms with Crippen molar-refractivity contribution in [3.05, 3.63) is 64.2 Å². The highest BCUT2D eigenvalue weighted by atomic mass is 35.5. The number of carboxylic acid groups (broad SMARTS) is 1. The normalized spacial score (nSPS) is 17.3. The lowest BCUT2D eigenvalue weighted by atomic mass is 9.85. The quantitative estimate of drug-likeness (QED) is 0.595. The number of ether oxygens (including phenoxy) is 1. The van der Waals surface area contributed by atoms with E-state index in [0.717, 1.165) is 16.7 Å². The number of halogens is 1. The molecular formula is C25H29ClN2O5. The largest absolute Gasteiger partial charge is 0.481 e. The van der Waals surface area contributed by atoms with Crippen LogP contribution in [-0.4, -0.2) is 51.5 Å². The number of hydrogen-bond donors (Lipinski definition) is 1. The molecule has 0 saturated carbocycles. The number of nitrogens with zero attached hydrogens (tertiary/aromatic N) is 2. The molecular weight excluding hydrogens is 444 g/mol. The molecule has 8 heteroatoms. The van der Waals surface area contributed by atoms with Crippen molar-refractivity contribution >= 4 is 29.6 Å². The molecule has 2 aromatic rings. The lowest BCUT2D eigenvalue weighted by Crippen LogP contribution is -2.68. The number of aliphatic carboxylic acids is 1. The summed E-state index contributed by atoms with van der Waals surface area (Å²) in [4.78, 5) is 40.5. The summed E-state index contributed by atoms with van der Waals surface area (Å²) >= 11 is 5.97. The van der Waals surface area contributed by atoms with Crippen molar-refractivity contribution < 1.29 is 24.2 Å². The van der Waals surface area contributed by atoms with Crippen LogP contribution in [0.1, 0.15) is 42.9 Å². The third kappa shape index (κ3) is 5.85. The summed E-state index contributed by atoms with van der Waals surface area (Å²) in [7, 11) is 0. The number of carbonyl (C=O) groups excluding carboxylic acids is 2. The Morgan fingerprint density at radius 2 is 1.85 bits per heavy atom. The number of benzene rings is 2. The topological polar surface area (TPSA) is 87.2 Å². The Balaban J connectivity index is 1.75. The van der Waals surface area contributed by atoms with E-state index < -0.39 is 17.6 Å². The predicted octanol–water partition coefficient (Wildman–Crippen LogP) is 4.81. The van der Waals surface area contributed by atoms with E-state index in [1.54, 1.807) is 30.0 Å². The minimum Gasteiger partial charge on any atom is -0.481 e. The van der Waals surface area contributed by atoms with Crippen LogP contribution >= 0.6 is 11.6 Å². The summed E-state index contributed by atoms with van der Waals surface area (Å²) in [6.45, 7) is 6.54. The second-order valence-electron chi connectivity index (χ2n) is 8.66. The van der Waals surface area contributed by atoms with E-state index in [1.165, 1.54) is 4.90 Å². The number of likely N-dealkylation sites (tertiary alicyclic amines) is 1. The minimum atomic E-state index is -1.05. The maximum absolute atomic E-state index is 13.6. The number of hydrogen-bond acceptors (Lipinski definition) is 4. The predicted molar refractivity (Wildman–Crippen MR) is 125 cm³/mol. The van der Waals surface area contributed by atoms with Gasteiger partial charge in [-0.3, -0.25) is 14.5 Å². The molecule has 2 aromatic carbocycles. The van der Waals surface area contributed by atoms with Crippen LogP contribution in [0.2, 0.25) is 5.02 Å². The van der Waals surface area contributed by atoms with E-state index in [0.29, 0.717) is 36.7 Å². The molecule has 0 radical (unpaired) electrons. The lowest BCUT2D eigenvalue weighted by molar-refractivity contribution is -0.150. The summed E-state index contributed by atoms with van der Waals surface area (Å²) in [5, 5.41) is 9.60. The molecule has 1 fully saturated rings. The van der Waals surface area contributed by atoms with E-state index in [-0.39, 0.29) is 18.9 Å². The average Bonchev–Trinajstić information content (AvgIpc) is 2.74. The third-order valence-electron chi connectivity index (χ3n) is 6.02. The molecule has 2 amide bonds. The SMILES string of the molecule is Cc1ccc(OC(=O)N2CCC2(C)C(=O)N(CCCC(=O)O)Cc2ccc(Cl)cc2)c(C)c1. The second kappa shape index (κ2) is 10.3. The van der Waals surface area contributed by atoms with Crippen molar-refractivity contribution in [2.24, 2.45) is 0 Å². The van der Waals surface area contributed by atoms with Crippen molar-refractivity contribution in [2.75, 3.05) is 13.1 Å². The monoisotopic (exact) mass is 472 g/mol. The molecule has 1 aliphatic rings. The van der Waals surface area contributed by atoms with Gasteiger partial charge in [-0.05, 0) is 62.9 Å². The Labute approximate surface area is 198 Å². The van der Waals surface area contributed by atoms with Crippen LogP contribution in [0.25, 0.3) is 0 Å². The average molecular weight is 473 g/mol. The van der Waals surface area contributed by atoms with Gasteiger partial charge >= 0.3 is 12.1 Å². The number of aryl methyl sites for hydroxylation is 2. The van der Waals surface area contributed by atoms with E-state index in [1.807, 2.05) is 38.1 Å². The Kier molecular flexibility index (Phi) is 7.64. The highest BCUT2D eigenvalue weighted by Crippen LogP contribution is 2.34. The lowest BCUT2D eigenvalue weighted by Gasteiger charge is -2.49.